The minimum absolute atomic E-state index is 0. The summed E-state index contributed by atoms with van der Waals surface area (Å²) in [6.45, 7) is 10.3. The summed E-state index contributed by atoms with van der Waals surface area (Å²) in [6, 6.07) is 3.31. The minimum Gasteiger partial charge on any atom is -0.726 e. The van der Waals surface area contributed by atoms with Crippen molar-refractivity contribution in [3.05, 3.63) is 45.5 Å². The van der Waals surface area contributed by atoms with Gasteiger partial charge in [0.25, 0.3) is 0 Å². The third-order valence-electron chi connectivity index (χ3n) is 7.57. The van der Waals surface area contributed by atoms with Crippen molar-refractivity contribution in [3.8, 4) is 45.6 Å². The van der Waals surface area contributed by atoms with Crippen molar-refractivity contribution in [2.75, 3.05) is 13.2 Å². The quantitative estimate of drug-likeness (QED) is 0.0462. The van der Waals surface area contributed by atoms with Crippen LogP contribution in [0.15, 0.2) is 12.1 Å². The normalized spacial score (nSPS) is 11.4. The number of rotatable bonds is 8. The number of benzene rings is 4. The summed E-state index contributed by atoms with van der Waals surface area (Å²) in [4.78, 5) is 24.0. The first-order chi connectivity index (χ1) is 21.4. The molecule has 0 unspecified atom stereocenters. The smallest absolute Gasteiger partial charge is 0.726 e. The maximum absolute atomic E-state index is 12.0. The second-order valence-electron chi connectivity index (χ2n) is 11.3. The van der Waals surface area contributed by atoms with E-state index < -0.39 is 44.9 Å². The fourth-order valence-corrected chi connectivity index (χ4v) is 6.05. The molecule has 0 atom stereocenters. The molecule has 0 amide bonds. The van der Waals surface area contributed by atoms with Gasteiger partial charge in [-0.15, -0.1) is 0 Å². The number of hydrogen-bond acceptors (Lipinski definition) is 13. The number of aryl methyl sites for hydroxylation is 2. The molecule has 13 nitrogen and oxygen atoms in total. The maximum Gasteiger partial charge on any atom is 1.00 e. The summed E-state index contributed by atoms with van der Waals surface area (Å²) in [6.07, 6.45) is 0.682. The van der Waals surface area contributed by atoms with Gasteiger partial charge < -0.3 is 40.9 Å². The number of hydrogen-bond donors (Lipinski definition) is 7. The summed E-state index contributed by atoms with van der Waals surface area (Å²) in [5.41, 5.74) is 6.14. The molecule has 4 aromatic rings. The number of aldehydes is 2. The van der Waals surface area contributed by atoms with E-state index in [0.717, 1.165) is 0 Å². The zero-order valence-electron chi connectivity index (χ0n) is 27.0. The minimum atomic E-state index is -4.52. The molecule has 0 saturated carbocycles. The topological polar surface area (TPSA) is 248 Å². The van der Waals surface area contributed by atoms with Crippen molar-refractivity contribution in [2.24, 2.45) is 5.73 Å². The van der Waals surface area contributed by atoms with Crippen LogP contribution in [0.2, 0.25) is 0 Å². The van der Waals surface area contributed by atoms with E-state index in [0.29, 0.717) is 45.6 Å². The zero-order chi connectivity index (χ0) is 35.0. The van der Waals surface area contributed by atoms with Gasteiger partial charge in [-0.25, -0.2) is 8.42 Å². The van der Waals surface area contributed by atoms with E-state index in [1.54, 1.807) is 53.7 Å². The molecular weight excluding hydrogens is 645 g/mol. The molecule has 0 aliphatic carbocycles. The molecule has 0 saturated heterocycles. The third-order valence-corrected chi connectivity index (χ3v) is 8.03. The van der Waals surface area contributed by atoms with Gasteiger partial charge in [0.15, 0.2) is 35.6 Å². The van der Waals surface area contributed by atoms with Crippen molar-refractivity contribution in [3.63, 3.8) is 0 Å². The summed E-state index contributed by atoms with van der Waals surface area (Å²) >= 11 is 0. The van der Waals surface area contributed by atoms with Crippen molar-refractivity contribution in [2.45, 2.75) is 53.4 Å². The van der Waals surface area contributed by atoms with E-state index in [1.807, 2.05) is 0 Å². The first-order valence-corrected chi connectivity index (χ1v) is 15.4. The Bertz CT molecular complexity index is 1860. The molecule has 0 aromatic heterocycles. The third kappa shape index (κ3) is 7.28. The van der Waals surface area contributed by atoms with E-state index in [2.05, 4.69) is 4.18 Å². The second-order valence-corrected chi connectivity index (χ2v) is 12.3. The van der Waals surface area contributed by atoms with Crippen LogP contribution in [0.3, 0.4) is 0 Å². The molecule has 0 bridgehead atoms. The Labute approximate surface area is 293 Å². The van der Waals surface area contributed by atoms with E-state index in [4.69, 9.17) is 5.73 Å². The van der Waals surface area contributed by atoms with Crippen LogP contribution in [0.25, 0.3) is 32.7 Å². The van der Waals surface area contributed by atoms with Gasteiger partial charge >= 0.3 is 29.6 Å². The van der Waals surface area contributed by atoms with Gasteiger partial charge in [0.05, 0.1) is 17.7 Å². The Morgan fingerprint density at radius 1 is 0.723 bits per heavy atom. The van der Waals surface area contributed by atoms with Crippen LogP contribution in [-0.2, 0) is 14.6 Å². The number of nitrogens with two attached hydrogens (primary N) is 1. The molecule has 15 heteroatoms. The molecule has 0 fully saturated rings. The predicted molar refractivity (Wildman–Crippen MR) is 170 cm³/mol. The molecular formula is C32H36NNaO12S. The van der Waals surface area contributed by atoms with Gasteiger partial charge in [-0.05, 0) is 47.6 Å². The molecule has 4 rings (SSSR count). The first kappa shape index (κ1) is 39.5. The zero-order valence-corrected chi connectivity index (χ0v) is 29.8. The Morgan fingerprint density at radius 2 is 1.06 bits per heavy atom. The van der Waals surface area contributed by atoms with Gasteiger partial charge in [0.1, 0.15) is 11.5 Å². The molecule has 47 heavy (non-hydrogen) atoms. The van der Waals surface area contributed by atoms with Gasteiger partial charge in [-0.3, -0.25) is 13.8 Å². The number of aromatic hydroxyl groups is 6. The maximum atomic E-state index is 12.0. The molecule has 0 spiro atoms. The number of carbonyl (C=O) groups is 2. The molecule has 0 radical (unpaired) electrons. The van der Waals surface area contributed by atoms with Crippen molar-refractivity contribution >= 4 is 44.5 Å². The summed E-state index contributed by atoms with van der Waals surface area (Å²) in [5.74, 6) is -3.57. The fraction of sp³-hybridized carbons (Fsp3) is 0.312. The standard InChI is InChI=1S/C30H30O8.C2H7NO4S.Na/c1-11(2)19-15-7-13(5)21(27(35)23(15)17(9-31)25(33)29(19)37)22-14(6)8-16-20(12(3)4)30(38)26(34)18(10-32)24(16)28(22)36;3-1-2-7-8(4,5)6;/h7-12,33-38H,1-6H3;1-3H2,(H,4,5,6);/q;;+1/p-1. The fourth-order valence-electron chi connectivity index (χ4n) is 5.75. The van der Waals surface area contributed by atoms with Crippen LogP contribution >= 0.6 is 0 Å². The summed E-state index contributed by atoms with van der Waals surface area (Å²) < 4.78 is 32.3. The Kier molecular flexibility index (Phi) is 12.7. The van der Waals surface area contributed by atoms with Crippen LogP contribution in [0, 0.1) is 13.8 Å². The average molecular weight is 682 g/mol. The molecule has 0 aliphatic rings. The van der Waals surface area contributed by atoms with E-state index in [1.165, 1.54) is 0 Å². The second kappa shape index (κ2) is 15.1. The van der Waals surface area contributed by atoms with Crippen molar-refractivity contribution < 1.29 is 86.9 Å². The summed E-state index contributed by atoms with van der Waals surface area (Å²) in [5, 5.41) is 66.4. The van der Waals surface area contributed by atoms with E-state index in [-0.39, 0.29) is 87.6 Å². The summed E-state index contributed by atoms with van der Waals surface area (Å²) in [7, 11) is -4.52. The van der Waals surface area contributed by atoms with Crippen molar-refractivity contribution in [1.82, 2.24) is 0 Å². The largest absolute Gasteiger partial charge is 1.00 e. The molecule has 4 aromatic carbocycles. The Hall–Kier alpha value is -3.63. The predicted octanol–water partition coefficient (Wildman–Crippen LogP) is 1.81. The number of phenolic OH excluding ortho intramolecular Hbond substituents is 6. The van der Waals surface area contributed by atoms with Gasteiger partial charge in [-0.2, -0.15) is 0 Å². The monoisotopic (exact) mass is 681 g/mol. The van der Waals surface area contributed by atoms with Crippen LogP contribution in [-0.4, -0.2) is 69.3 Å². The van der Waals surface area contributed by atoms with E-state index in [9.17, 15) is 53.2 Å². The average Bonchev–Trinajstić information content (AvgIpc) is 2.95. The number of phenols is 6. The van der Waals surface area contributed by atoms with Crippen LogP contribution in [0.1, 0.15) is 82.5 Å². The Balaban J connectivity index is 0.000000758. The number of fused-ring (bicyclic) bond motifs is 2. The molecule has 8 N–H and O–H groups in total. The molecule has 248 valence electrons. The Morgan fingerprint density at radius 3 is 1.30 bits per heavy atom. The molecule has 0 aliphatic heterocycles. The van der Waals surface area contributed by atoms with E-state index >= 15 is 0 Å². The number of carbonyl (C=O) groups excluding carboxylic acids is 2. The van der Waals surface area contributed by atoms with Gasteiger partial charge in [0.2, 0.25) is 10.4 Å². The van der Waals surface area contributed by atoms with Crippen LogP contribution in [0.4, 0.5) is 0 Å². The van der Waals surface area contributed by atoms with Gasteiger partial charge in [0, 0.05) is 39.6 Å². The van der Waals surface area contributed by atoms with Crippen LogP contribution < -0.4 is 35.3 Å². The SMILES string of the molecule is Cc1cc2c(C(C)C)c(O)c(O)c(C=O)c2c(O)c1-c1c(C)cc2c(C(C)C)c(O)c(O)c(C=O)c2c1O.NCCOS(=O)(=O)[O-].[Na+]. The van der Waals surface area contributed by atoms with Gasteiger partial charge in [-0.1, -0.05) is 39.8 Å². The van der Waals surface area contributed by atoms with Crippen molar-refractivity contribution in [1.29, 1.82) is 0 Å². The van der Waals surface area contributed by atoms with Crippen LogP contribution in [0.5, 0.6) is 34.5 Å². The first-order valence-electron chi connectivity index (χ1n) is 14.0. The molecule has 0 heterocycles.